The van der Waals surface area contributed by atoms with Crippen molar-refractivity contribution < 1.29 is 9.59 Å². The van der Waals surface area contributed by atoms with Crippen molar-refractivity contribution in [2.45, 2.75) is 0 Å². The predicted molar refractivity (Wildman–Crippen MR) is 68.0 cm³/mol. The van der Waals surface area contributed by atoms with Crippen LogP contribution in [0.5, 0.6) is 0 Å². The molecule has 0 aromatic heterocycles. The van der Waals surface area contributed by atoms with Crippen LogP contribution in [0.3, 0.4) is 0 Å². The predicted octanol–water partition coefficient (Wildman–Crippen LogP) is 2.36. The lowest BCUT2D eigenvalue weighted by Crippen LogP contribution is -2.28. The molecule has 0 saturated carbocycles. The molecule has 0 radical (unpaired) electrons. The third-order valence-electron chi connectivity index (χ3n) is 2.22. The molecule has 1 aliphatic heterocycles. The molecule has 17 heavy (non-hydrogen) atoms. The van der Waals surface area contributed by atoms with E-state index in [0.29, 0.717) is 4.91 Å². The van der Waals surface area contributed by atoms with Crippen molar-refractivity contribution >= 4 is 29.0 Å². The van der Waals surface area contributed by atoms with Crippen molar-refractivity contribution in [1.82, 2.24) is 4.90 Å². The number of terminal acetylenes is 1. The van der Waals surface area contributed by atoms with Crippen LogP contribution in [0.1, 0.15) is 5.56 Å². The van der Waals surface area contributed by atoms with Gasteiger partial charge in [-0.2, -0.15) is 0 Å². The van der Waals surface area contributed by atoms with Crippen LogP contribution in [0.25, 0.3) is 6.08 Å². The first-order chi connectivity index (χ1) is 8.22. The minimum atomic E-state index is -0.318. The minimum absolute atomic E-state index is 0.0246. The fourth-order valence-corrected chi connectivity index (χ4v) is 2.27. The number of carbonyl (C=O) groups excluding carboxylic acids is 2. The van der Waals surface area contributed by atoms with E-state index in [1.807, 2.05) is 30.3 Å². The van der Waals surface area contributed by atoms with Gasteiger partial charge in [0.25, 0.3) is 11.1 Å². The zero-order valence-electron chi connectivity index (χ0n) is 8.92. The zero-order valence-corrected chi connectivity index (χ0v) is 9.74. The monoisotopic (exact) mass is 243 g/mol. The summed E-state index contributed by atoms with van der Waals surface area (Å²) >= 11 is 0.920. The molecule has 2 amide bonds. The second kappa shape index (κ2) is 4.89. The van der Waals surface area contributed by atoms with Gasteiger partial charge in [0.05, 0.1) is 11.4 Å². The maximum atomic E-state index is 11.8. The van der Waals surface area contributed by atoms with Gasteiger partial charge in [0.1, 0.15) is 0 Å². The van der Waals surface area contributed by atoms with Gasteiger partial charge in [-0.1, -0.05) is 36.3 Å². The van der Waals surface area contributed by atoms with Gasteiger partial charge in [0.15, 0.2) is 0 Å². The van der Waals surface area contributed by atoms with Crippen molar-refractivity contribution in [3.8, 4) is 12.3 Å². The molecule has 0 N–H and O–H groups in total. The van der Waals surface area contributed by atoms with Crippen LogP contribution in [0.2, 0.25) is 0 Å². The number of imide groups is 1. The Morgan fingerprint density at radius 3 is 2.65 bits per heavy atom. The Morgan fingerprint density at radius 2 is 2.00 bits per heavy atom. The van der Waals surface area contributed by atoms with Crippen molar-refractivity contribution in [2.75, 3.05) is 6.54 Å². The van der Waals surface area contributed by atoms with Crippen LogP contribution in [0.4, 0.5) is 4.79 Å². The van der Waals surface area contributed by atoms with Gasteiger partial charge in [-0.15, -0.1) is 6.42 Å². The molecule has 1 heterocycles. The molecule has 0 unspecified atom stereocenters. The van der Waals surface area contributed by atoms with Crippen molar-refractivity contribution in [1.29, 1.82) is 0 Å². The Bertz CT molecular complexity index is 528. The second-order valence-electron chi connectivity index (χ2n) is 3.38. The standard InChI is InChI=1S/C13H9NO2S/c1-2-8-14-12(15)11(17-13(14)16)9-10-6-4-3-5-7-10/h1,3-7,9H,8H2. The molecule has 3 nitrogen and oxygen atoms in total. The van der Waals surface area contributed by atoms with Crippen LogP contribution < -0.4 is 0 Å². The Labute approximate surface area is 103 Å². The van der Waals surface area contributed by atoms with Crippen molar-refractivity contribution in [2.24, 2.45) is 0 Å². The van der Waals surface area contributed by atoms with Crippen molar-refractivity contribution in [3.63, 3.8) is 0 Å². The fraction of sp³-hybridized carbons (Fsp3) is 0.0769. The molecular formula is C13H9NO2S. The van der Waals surface area contributed by atoms with Crippen LogP contribution >= 0.6 is 11.8 Å². The molecule has 0 aliphatic carbocycles. The van der Waals surface area contributed by atoms with Crippen LogP contribution in [-0.2, 0) is 4.79 Å². The van der Waals surface area contributed by atoms with E-state index in [0.717, 1.165) is 22.2 Å². The first kappa shape index (κ1) is 11.5. The van der Waals surface area contributed by atoms with Crippen LogP contribution in [-0.4, -0.2) is 22.6 Å². The van der Waals surface area contributed by atoms with Gasteiger partial charge in [0.2, 0.25) is 0 Å². The molecule has 0 spiro atoms. The molecule has 4 heteroatoms. The quantitative estimate of drug-likeness (QED) is 0.591. The molecule has 2 rings (SSSR count). The summed E-state index contributed by atoms with van der Waals surface area (Å²) in [5.74, 6) is 1.98. The van der Waals surface area contributed by atoms with Crippen LogP contribution in [0, 0.1) is 12.3 Å². The lowest BCUT2D eigenvalue weighted by Gasteiger charge is -2.06. The fourth-order valence-electron chi connectivity index (χ4n) is 1.43. The zero-order chi connectivity index (χ0) is 12.3. The molecule has 0 bridgehead atoms. The highest BCUT2D eigenvalue weighted by Crippen LogP contribution is 2.31. The normalized spacial score (nSPS) is 17.6. The Hall–Kier alpha value is -1.99. The average Bonchev–Trinajstić information content (AvgIpc) is 2.59. The third-order valence-corrected chi connectivity index (χ3v) is 3.13. The highest BCUT2D eigenvalue weighted by Gasteiger charge is 2.34. The maximum absolute atomic E-state index is 11.8. The van der Waals surface area contributed by atoms with E-state index in [1.54, 1.807) is 6.08 Å². The number of nitrogens with zero attached hydrogens (tertiary/aromatic N) is 1. The summed E-state index contributed by atoms with van der Waals surface area (Å²) in [4.78, 5) is 24.8. The van der Waals surface area contributed by atoms with E-state index in [9.17, 15) is 9.59 Å². The second-order valence-corrected chi connectivity index (χ2v) is 4.38. The largest absolute Gasteiger partial charge is 0.294 e. The van der Waals surface area contributed by atoms with Gasteiger partial charge in [-0.25, -0.2) is 0 Å². The highest BCUT2D eigenvalue weighted by atomic mass is 32.2. The molecule has 1 aliphatic rings. The first-order valence-electron chi connectivity index (χ1n) is 4.96. The van der Waals surface area contributed by atoms with E-state index < -0.39 is 0 Å². The first-order valence-corrected chi connectivity index (χ1v) is 5.78. The summed E-state index contributed by atoms with van der Waals surface area (Å²) in [6, 6.07) is 9.38. The van der Waals surface area contributed by atoms with E-state index in [1.165, 1.54) is 0 Å². The molecule has 84 valence electrons. The lowest BCUT2D eigenvalue weighted by molar-refractivity contribution is -0.122. The molecule has 1 aromatic rings. The summed E-state index contributed by atoms with van der Waals surface area (Å²) in [5.41, 5.74) is 0.888. The van der Waals surface area contributed by atoms with Gasteiger partial charge >= 0.3 is 0 Å². The molecule has 1 fully saturated rings. The third kappa shape index (κ3) is 2.40. The van der Waals surface area contributed by atoms with E-state index in [2.05, 4.69) is 5.92 Å². The lowest BCUT2D eigenvalue weighted by atomic mass is 10.2. The number of benzene rings is 1. The summed E-state index contributed by atoms with van der Waals surface area (Å²) in [7, 11) is 0. The summed E-state index contributed by atoms with van der Waals surface area (Å²) in [6.45, 7) is 0.0246. The number of thioether (sulfide) groups is 1. The number of amides is 2. The highest BCUT2D eigenvalue weighted by molar-refractivity contribution is 8.18. The van der Waals surface area contributed by atoms with Crippen molar-refractivity contribution in [3.05, 3.63) is 40.8 Å². The van der Waals surface area contributed by atoms with Crippen LogP contribution in [0.15, 0.2) is 35.2 Å². The van der Waals surface area contributed by atoms with Gasteiger partial charge < -0.3 is 0 Å². The topological polar surface area (TPSA) is 37.4 Å². The molecule has 0 atom stereocenters. The Morgan fingerprint density at radius 1 is 1.29 bits per heavy atom. The smallest absolute Gasteiger partial charge is 0.268 e. The maximum Gasteiger partial charge on any atom is 0.294 e. The molecule has 1 saturated heterocycles. The summed E-state index contributed by atoms with van der Waals surface area (Å²) in [6.07, 6.45) is 6.80. The SMILES string of the molecule is C#CCN1C(=O)SC(=Cc2ccccc2)C1=O. The Kier molecular flexibility index (Phi) is 3.31. The van der Waals surface area contributed by atoms with E-state index in [4.69, 9.17) is 6.42 Å². The number of rotatable bonds is 2. The summed E-state index contributed by atoms with van der Waals surface area (Å²) < 4.78 is 0. The van der Waals surface area contributed by atoms with Gasteiger partial charge in [0, 0.05) is 0 Å². The number of hydrogen-bond donors (Lipinski definition) is 0. The van der Waals surface area contributed by atoms with Gasteiger partial charge in [-0.05, 0) is 23.4 Å². The molecule has 1 aromatic carbocycles. The molecular weight excluding hydrogens is 234 g/mol. The van der Waals surface area contributed by atoms with E-state index >= 15 is 0 Å². The number of hydrogen-bond acceptors (Lipinski definition) is 3. The number of carbonyl (C=O) groups is 2. The van der Waals surface area contributed by atoms with E-state index in [-0.39, 0.29) is 17.7 Å². The summed E-state index contributed by atoms with van der Waals surface area (Å²) in [5, 5.41) is -0.310. The average molecular weight is 243 g/mol. The van der Waals surface area contributed by atoms with Gasteiger partial charge in [-0.3, -0.25) is 14.5 Å². The Balaban J connectivity index is 2.26. The minimum Gasteiger partial charge on any atom is -0.268 e.